The lowest BCUT2D eigenvalue weighted by molar-refractivity contribution is -0.134. The quantitative estimate of drug-likeness (QED) is 0.900. The minimum Gasteiger partial charge on any atom is -0.450 e. The van der Waals surface area contributed by atoms with Crippen LogP contribution in [-0.4, -0.2) is 67.2 Å². The Kier molecular flexibility index (Phi) is 5.53. The summed E-state index contributed by atoms with van der Waals surface area (Å²) in [6.07, 6.45) is 0.396. The van der Waals surface area contributed by atoms with Crippen molar-refractivity contribution >= 4 is 12.0 Å². The van der Waals surface area contributed by atoms with Crippen LogP contribution in [0.15, 0.2) is 24.3 Å². The normalized spacial score (nSPS) is 23.6. The zero-order valence-electron chi connectivity index (χ0n) is 14.4. The van der Waals surface area contributed by atoms with Crippen molar-refractivity contribution in [3.05, 3.63) is 35.6 Å². The number of piperazine rings is 1. The molecule has 0 aromatic heterocycles. The summed E-state index contributed by atoms with van der Waals surface area (Å²) in [4.78, 5) is 27.9. The summed E-state index contributed by atoms with van der Waals surface area (Å²) in [5.74, 6) is 0.0466. The van der Waals surface area contributed by atoms with Crippen LogP contribution in [0.2, 0.25) is 0 Å². The maximum Gasteiger partial charge on any atom is 0.409 e. The smallest absolute Gasteiger partial charge is 0.409 e. The molecule has 0 aliphatic carbocycles. The molecule has 3 rings (SSSR count). The third-order valence-electron chi connectivity index (χ3n) is 4.89. The lowest BCUT2D eigenvalue weighted by Gasteiger charge is -2.35. The Labute approximate surface area is 146 Å². The minimum atomic E-state index is -0.315. The van der Waals surface area contributed by atoms with E-state index >= 15 is 0 Å². The van der Waals surface area contributed by atoms with Crippen LogP contribution in [0.4, 0.5) is 9.18 Å². The Morgan fingerprint density at radius 3 is 2.44 bits per heavy atom. The van der Waals surface area contributed by atoms with Crippen molar-refractivity contribution in [1.82, 2.24) is 15.1 Å². The third-order valence-corrected chi connectivity index (χ3v) is 4.89. The molecular formula is C18H24FN3O3. The predicted octanol–water partition coefficient (Wildman–Crippen LogP) is 1.57. The van der Waals surface area contributed by atoms with Gasteiger partial charge in [0.05, 0.1) is 12.6 Å². The Morgan fingerprint density at radius 2 is 1.80 bits per heavy atom. The van der Waals surface area contributed by atoms with E-state index in [9.17, 15) is 14.0 Å². The number of rotatable bonds is 3. The van der Waals surface area contributed by atoms with E-state index in [-0.39, 0.29) is 29.8 Å². The molecule has 1 aromatic carbocycles. The number of carbonyl (C=O) groups excluding carboxylic acids is 2. The zero-order valence-corrected chi connectivity index (χ0v) is 14.4. The van der Waals surface area contributed by atoms with E-state index in [0.717, 1.165) is 5.56 Å². The van der Waals surface area contributed by atoms with Crippen molar-refractivity contribution in [3.63, 3.8) is 0 Å². The summed E-state index contributed by atoms with van der Waals surface area (Å²) in [6.45, 7) is 4.89. The highest BCUT2D eigenvalue weighted by molar-refractivity contribution is 5.82. The van der Waals surface area contributed by atoms with Crippen molar-refractivity contribution in [3.8, 4) is 0 Å². The van der Waals surface area contributed by atoms with E-state index < -0.39 is 0 Å². The molecule has 2 fully saturated rings. The van der Waals surface area contributed by atoms with E-state index in [1.807, 2.05) is 0 Å². The standard InChI is InChI=1S/C18H24FN3O3/c1-2-25-18(24)22-9-7-21(8-10-22)17(23)16-11-14(12-20-16)13-3-5-15(19)6-4-13/h3-6,14,16,20H,2,7-12H2,1H3. The summed E-state index contributed by atoms with van der Waals surface area (Å²) in [5, 5.41) is 3.28. The molecule has 2 saturated heterocycles. The van der Waals surface area contributed by atoms with E-state index in [1.54, 1.807) is 28.9 Å². The number of hydrogen-bond donors (Lipinski definition) is 1. The number of nitrogens with one attached hydrogen (secondary N) is 1. The van der Waals surface area contributed by atoms with Gasteiger partial charge in [-0.25, -0.2) is 9.18 Å². The maximum absolute atomic E-state index is 13.0. The molecule has 0 radical (unpaired) electrons. The first-order valence-corrected chi connectivity index (χ1v) is 8.77. The molecule has 6 nitrogen and oxygen atoms in total. The zero-order chi connectivity index (χ0) is 17.8. The van der Waals surface area contributed by atoms with Crippen molar-refractivity contribution in [2.45, 2.75) is 25.3 Å². The van der Waals surface area contributed by atoms with Gasteiger partial charge in [-0.2, -0.15) is 0 Å². The first-order valence-electron chi connectivity index (χ1n) is 8.77. The Morgan fingerprint density at radius 1 is 1.16 bits per heavy atom. The second-order valence-corrected chi connectivity index (χ2v) is 6.46. The number of amides is 2. The Balaban J connectivity index is 1.51. The lowest BCUT2D eigenvalue weighted by atomic mass is 9.96. The SMILES string of the molecule is CCOC(=O)N1CCN(C(=O)C2CC(c3ccc(F)cc3)CN2)CC1. The van der Waals surface area contributed by atoms with Gasteiger partial charge in [-0.1, -0.05) is 12.1 Å². The molecule has 0 spiro atoms. The van der Waals surface area contributed by atoms with Gasteiger partial charge in [-0.15, -0.1) is 0 Å². The van der Waals surface area contributed by atoms with E-state index in [4.69, 9.17) is 4.74 Å². The molecule has 0 saturated carbocycles. The molecule has 0 bridgehead atoms. The Bertz CT molecular complexity index is 614. The lowest BCUT2D eigenvalue weighted by Crippen LogP contribution is -2.54. The van der Waals surface area contributed by atoms with Crippen LogP contribution in [-0.2, 0) is 9.53 Å². The largest absolute Gasteiger partial charge is 0.450 e. The summed E-state index contributed by atoms with van der Waals surface area (Å²) in [5.41, 5.74) is 1.05. The number of ether oxygens (including phenoxy) is 1. The third kappa shape index (κ3) is 4.10. The van der Waals surface area contributed by atoms with Gasteiger partial charge in [0.25, 0.3) is 0 Å². The van der Waals surface area contributed by atoms with Crippen LogP contribution < -0.4 is 5.32 Å². The topological polar surface area (TPSA) is 61.9 Å². The fourth-order valence-corrected chi connectivity index (χ4v) is 3.46. The van der Waals surface area contributed by atoms with Crippen LogP contribution in [0.1, 0.15) is 24.8 Å². The fraction of sp³-hybridized carbons (Fsp3) is 0.556. The Hall–Kier alpha value is -2.15. The summed E-state index contributed by atoms with van der Waals surface area (Å²) in [7, 11) is 0. The van der Waals surface area contributed by atoms with Gasteiger partial charge in [0.2, 0.25) is 5.91 Å². The molecule has 2 aliphatic heterocycles. The van der Waals surface area contributed by atoms with Crippen molar-refractivity contribution in [2.75, 3.05) is 39.3 Å². The molecule has 1 aromatic rings. The molecule has 2 unspecified atom stereocenters. The van der Waals surface area contributed by atoms with Crippen molar-refractivity contribution < 1.29 is 18.7 Å². The molecule has 136 valence electrons. The molecule has 1 N–H and O–H groups in total. The van der Waals surface area contributed by atoms with E-state index in [0.29, 0.717) is 45.8 Å². The number of nitrogens with zero attached hydrogens (tertiary/aromatic N) is 2. The van der Waals surface area contributed by atoms with E-state index in [2.05, 4.69) is 5.32 Å². The second kappa shape index (κ2) is 7.82. The van der Waals surface area contributed by atoms with Gasteiger partial charge in [0, 0.05) is 32.7 Å². The minimum absolute atomic E-state index is 0.0770. The van der Waals surface area contributed by atoms with Gasteiger partial charge in [0.1, 0.15) is 5.82 Å². The number of halogens is 1. The predicted molar refractivity (Wildman–Crippen MR) is 90.7 cm³/mol. The van der Waals surface area contributed by atoms with Crippen molar-refractivity contribution in [1.29, 1.82) is 0 Å². The van der Waals surface area contributed by atoms with Gasteiger partial charge >= 0.3 is 6.09 Å². The number of carbonyl (C=O) groups is 2. The molecule has 2 atom stereocenters. The number of hydrogen-bond acceptors (Lipinski definition) is 4. The van der Waals surface area contributed by atoms with Crippen LogP contribution in [0.3, 0.4) is 0 Å². The fourth-order valence-electron chi connectivity index (χ4n) is 3.46. The van der Waals surface area contributed by atoms with Gasteiger partial charge in [0.15, 0.2) is 0 Å². The monoisotopic (exact) mass is 349 g/mol. The van der Waals surface area contributed by atoms with Crippen LogP contribution in [0.5, 0.6) is 0 Å². The highest BCUT2D eigenvalue weighted by Crippen LogP contribution is 2.27. The van der Waals surface area contributed by atoms with Crippen LogP contribution >= 0.6 is 0 Å². The highest BCUT2D eigenvalue weighted by atomic mass is 19.1. The van der Waals surface area contributed by atoms with Gasteiger partial charge in [-0.3, -0.25) is 4.79 Å². The van der Waals surface area contributed by atoms with Crippen molar-refractivity contribution in [2.24, 2.45) is 0 Å². The van der Waals surface area contributed by atoms with Gasteiger partial charge < -0.3 is 19.9 Å². The second-order valence-electron chi connectivity index (χ2n) is 6.46. The van der Waals surface area contributed by atoms with Crippen LogP contribution in [0, 0.1) is 5.82 Å². The summed E-state index contributed by atoms with van der Waals surface area (Å²) in [6, 6.07) is 6.27. The average molecular weight is 349 g/mol. The molecule has 2 heterocycles. The summed E-state index contributed by atoms with van der Waals surface area (Å²) >= 11 is 0. The first-order chi connectivity index (χ1) is 12.1. The molecule has 2 aliphatic rings. The van der Waals surface area contributed by atoms with Crippen LogP contribution in [0.25, 0.3) is 0 Å². The average Bonchev–Trinajstić information content (AvgIpc) is 3.12. The van der Waals surface area contributed by atoms with Gasteiger partial charge in [-0.05, 0) is 37.0 Å². The first kappa shape index (κ1) is 17.7. The maximum atomic E-state index is 13.0. The molecule has 2 amide bonds. The highest BCUT2D eigenvalue weighted by Gasteiger charge is 2.34. The van der Waals surface area contributed by atoms with E-state index in [1.165, 1.54) is 12.1 Å². The number of benzene rings is 1. The summed E-state index contributed by atoms with van der Waals surface area (Å²) < 4.78 is 18.0. The molecular weight excluding hydrogens is 325 g/mol. The molecule has 7 heteroatoms. The molecule has 25 heavy (non-hydrogen) atoms.